The normalized spacial score (nSPS) is 11.7. The molecule has 1 atom stereocenters. The molecule has 1 rings (SSSR count). The molecule has 1 aromatic rings. The Morgan fingerprint density at radius 3 is 2.68 bits per heavy atom. The van der Waals surface area contributed by atoms with Gasteiger partial charge in [-0.25, -0.2) is 9.18 Å². The van der Waals surface area contributed by atoms with Gasteiger partial charge in [0.2, 0.25) is 0 Å². The predicted octanol–water partition coefficient (Wildman–Crippen LogP) is 2.37. The van der Waals surface area contributed by atoms with Crippen LogP contribution in [0.15, 0.2) is 18.2 Å². The molecule has 0 radical (unpaired) electrons. The number of nitrogens with one attached hydrogen (secondary N) is 2. The van der Waals surface area contributed by atoms with Gasteiger partial charge in [-0.15, -0.1) is 0 Å². The average molecular weight is 268 g/mol. The molecule has 6 heteroatoms. The van der Waals surface area contributed by atoms with Crippen LogP contribution in [0.3, 0.4) is 0 Å². The van der Waals surface area contributed by atoms with E-state index in [-0.39, 0.29) is 6.54 Å². The number of aliphatic carboxylic acids is 1. The summed E-state index contributed by atoms with van der Waals surface area (Å²) in [6.45, 7) is 3.44. The summed E-state index contributed by atoms with van der Waals surface area (Å²) < 4.78 is 13.2. The van der Waals surface area contributed by atoms with Crippen molar-refractivity contribution in [3.05, 3.63) is 29.6 Å². The Kier molecular flexibility index (Phi) is 5.29. The minimum absolute atomic E-state index is 0.244. The number of hydrogen-bond acceptors (Lipinski definition) is 2. The lowest BCUT2D eigenvalue weighted by Gasteiger charge is -2.09. The molecule has 3 N–H and O–H groups in total. The SMILES string of the molecule is Cc1ccc(NC(=O)NCCC(C)C(=O)O)cc1F. The zero-order chi connectivity index (χ0) is 14.4. The number of carboxylic acids is 1. The van der Waals surface area contributed by atoms with Gasteiger partial charge in [-0.2, -0.15) is 0 Å². The Balaban J connectivity index is 2.39. The summed E-state index contributed by atoms with van der Waals surface area (Å²) in [5.74, 6) is -1.81. The number of anilines is 1. The molecule has 1 unspecified atom stereocenters. The van der Waals surface area contributed by atoms with E-state index in [9.17, 15) is 14.0 Å². The van der Waals surface area contributed by atoms with Gasteiger partial charge in [-0.1, -0.05) is 13.0 Å². The Hall–Kier alpha value is -2.11. The number of halogens is 1. The molecular weight excluding hydrogens is 251 g/mol. The van der Waals surface area contributed by atoms with Crippen molar-refractivity contribution in [3.63, 3.8) is 0 Å². The molecular formula is C13H17FN2O3. The standard InChI is InChI=1S/C13H17FN2O3/c1-8-3-4-10(7-11(8)14)16-13(19)15-6-5-9(2)12(17)18/h3-4,7,9H,5-6H2,1-2H3,(H,17,18)(H2,15,16,19). The van der Waals surface area contributed by atoms with Gasteiger partial charge in [0.1, 0.15) is 5.82 Å². The van der Waals surface area contributed by atoms with E-state index in [1.807, 2.05) is 0 Å². The third kappa shape index (κ3) is 4.95. The maximum absolute atomic E-state index is 13.2. The van der Waals surface area contributed by atoms with Gasteiger partial charge in [-0.05, 0) is 31.0 Å². The summed E-state index contributed by atoms with van der Waals surface area (Å²) in [6.07, 6.45) is 0.338. The molecule has 0 fully saturated rings. The zero-order valence-electron chi connectivity index (χ0n) is 10.9. The zero-order valence-corrected chi connectivity index (χ0v) is 10.9. The minimum atomic E-state index is -0.900. The molecule has 104 valence electrons. The maximum atomic E-state index is 13.2. The molecule has 0 spiro atoms. The number of aryl methyl sites for hydroxylation is 1. The Labute approximate surface area is 110 Å². The van der Waals surface area contributed by atoms with Crippen LogP contribution in [0.1, 0.15) is 18.9 Å². The van der Waals surface area contributed by atoms with E-state index in [2.05, 4.69) is 10.6 Å². The van der Waals surface area contributed by atoms with Gasteiger partial charge in [0.05, 0.1) is 5.92 Å². The van der Waals surface area contributed by atoms with Crippen molar-refractivity contribution in [2.75, 3.05) is 11.9 Å². The highest BCUT2D eigenvalue weighted by molar-refractivity contribution is 5.89. The first-order valence-corrected chi connectivity index (χ1v) is 5.94. The maximum Gasteiger partial charge on any atom is 0.319 e. The van der Waals surface area contributed by atoms with Crippen LogP contribution in [0.5, 0.6) is 0 Å². The first-order chi connectivity index (χ1) is 8.90. The van der Waals surface area contributed by atoms with Crippen LogP contribution < -0.4 is 10.6 Å². The van der Waals surface area contributed by atoms with Crippen molar-refractivity contribution in [3.8, 4) is 0 Å². The number of benzene rings is 1. The number of amides is 2. The summed E-state index contributed by atoms with van der Waals surface area (Å²) in [5, 5.41) is 13.7. The first-order valence-electron chi connectivity index (χ1n) is 5.94. The van der Waals surface area contributed by atoms with Crippen molar-refractivity contribution >= 4 is 17.7 Å². The Morgan fingerprint density at radius 1 is 1.42 bits per heavy atom. The molecule has 1 aromatic carbocycles. The molecule has 0 aliphatic heterocycles. The number of urea groups is 1. The monoisotopic (exact) mass is 268 g/mol. The number of carboxylic acid groups (broad SMARTS) is 1. The summed E-state index contributed by atoms with van der Waals surface area (Å²) in [5.41, 5.74) is 0.855. The summed E-state index contributed by atoms with van der Waals surface area (Å²) in [7, 11) is 0. The van der Waals surface area contributed by atoms with Crippen LogP contribution in [0.4, 0.5) is 14.9 Å². The molecule has 0 saturated carbocycles. The van der Waals surface area contributed by atoms with Gasteiger partial charge in [0.15, 0.2) is 0 Å². The van der Waals surface area contributed by atoms with Crippen molar-refractivity contribution in [1.82, 2.24) is 5.32 Å². The molecule has 2 amide bonds. The summed E-state index contributed by atoms with van der Waals surface area (Å²) in [6, 6.07) is 3.91. The van der Waals surface area contributed by atoms with Crippen LogP contribution in [-0.4, -0.2) is 23.7 Å². The second kappa shape index (κ2) is 6.72. The lowest BCUT2D eigenvalue weighted by Crippen LogP contribution is -2.31. The predicted molar refractivity (Wildman–Crippen MR) is 69.6 cm³/mol. The van der Waals surface area contributed by atoms with Crippen molar-refractivity contribution in [2.24, 2.45) is 5.92 Å². The lowest BCUT2D eigenvalue weighted by atomic mass is 10.1. The quantitative estimate of drug-likeness (QED) is 0.767. The topological polar surface area (TPSA) is 78.4 Å². The third-order valence-electron chi connectivity index (χ3n) is 2.71. The fourth-order valence-electron chi connectivity index (χ4n) is 1.37. The Bertz CT molecular complexity index is 477. The molecule has 0 heterocycles. The van der Waals surface area contributed by atoms with Gasteiger partial charge in [0.25, 0.3) is 0 Å². The summed E-state index contributed by atoms with van der Waals surface area (Å²) in [4.78, 5) is 22.0. The average Bonchev–Trinajstić information content (AvgIpc) is 2.33. The second-order valence-corrected chi connectivity index (χ2v) is 4.37. The highest BCUT2D eigenvalue weighted by Gasteiger charge is 2.11. The van der Waals surface area contributed by atoms with Crippen LogP contribution >= 0.6 is 0 Å². The Morgan fingerprint density at radius 2 is 2.11 bits per heavy atom. The fraction of sp³-hybridized carbons (Fsp3) is 0.385. The van der Waals surface area contributed by atoms with E-state index in [1.54, 1.807) is 26.0 Å². The highest BCUT2D eigenvalue weighted by Crippen LogP contribution is 2.13. The smallest absolute Gasteiger partial charge is 0.319 e. The first kappa shape index (κ1) is 14.9. The number of rotatable bonds is 5. The molecule has 0 bridgehead atoms. The molecule has 0 aromatic heterocycles. The highest BCUT2D eigenvalue weighted by atomic mass is 19.1. The molecule has 0 saturated heterocycles. The van der Waals surface area contributed by atoms with E-state index in [0.717, 1.165) is 0 Å². The van der Waals surface area contributed by atoms with Gasteiger partial charge >= 0.3 is 12.0 Å². The molecule has 5 nitrogen and oxygen atoms in total. The molecule has 19 heavy (non-hydrogen) atoms. The van der Waals surface area contributed by atoms with E-state index in [1.165, 1.54) is 6.07 Å². The van der Waals surface area contributed by atoms with Crippen LogP contribution in [-0.2, 0) is 4.79 Å². The van der Waals surface area contributed by atoms with Crippen molar-refractivity contribution in [2.45, 2.75) is 20.3 Å². The van der Waals surface area contributed by atoms with E-state index in [4.69, 9.17) is 5.11 Å². The lowest BCUT2D eigenvalue weighted by molar-refractivity contribution is -0.141. The van der Waals surface area contributed by atoms with Crippen molar-refractivity contribution in [1.29, 1.82) is 0 Å². The van der Waals surface area contributed by atoms with Gasteiger partial charge < -0.3 is 15.7 Å². The van der Waals surface area contributed by atoms with Crippen molar-refractivity contribution < 1.29 is 19.1 Å². The molecule has 0 aliphatic rings. The number of carbonyl (C=O) groups excluding carboxylic acids is 1. The number of hydrogen-bond donors (Lipinski definition) is 3. The van der Waals surface area contributed by atoms with E-state index < -0.39 is 23.7 Å². The third-order valence-corrected chi connectivity index (χ3v) is 2.71. The second-order valence-electron chi connectivity index (χ2n) is 4.37. The summed E-state index contributed by atoms with van der Waals surface area (Å²) >= 11 is 0. The van der Waals surface area contributed by atoms with E-state index >= 15 is 0 Å². The number of carbonyl (C=O) groups is 2. The fourth-order valence-corrected chi connectivity index (χ4v) is 1.37. The van der Waals surface area contributed by atoms with Gasteiger partial charge in [0, 0.05) is 12.2 Å². The minimum Gasteiger partial charge on any atom is -0.481 e. The van der Waals surface area contributed by atoms with E-state index in [0.29, 0.717) is 17.7 Å². The molecule has 0 aliphatic carbocycles. The largest absolute Gasteiger partial charge is 0.481 e. The van der Waals surface area contributed by atoms with Crippen LogP contribution in [0.2, 0.25) is 0 Å². The van der Waals surface area contributed by atoms with Crippen LogP contribution in [0.25, 0.3) is 0 Å². The van der Waals surface area contributed by atoms with Crippen LogP contribution in [0, 0.1) is 18.7 Å². The van der Waals surface area contributed by atoms with Gasteiger partial charge in [-0.3, -0.25) is 4.79 Å².